The lowest BCUT2D eigenvalue weighted by Crippen LogP contribution is -2.11. The van der Waals surface area contributed by atoms with Crippen LogP contribution in [0.4, 0.5) is 5.82 Å². The molecular formula is C10H17N3. The number of aromatic nitrogens is 2. The van der Waals surface area contributed by atoms with Gasteiger partial charge in [0.05, 0.1) is 0 Å². The molecule has 1 aromatic rings. The van der Waals surface area contributed by atoms with Gasteiger partial charge in [-0.05, 0) is 32.6 Å². The third-order valence-electron chi connectivity index (χ3n) is 2.64. The summed E-state index contributed by atoms with van der Waals surface area (Å²) in [7, 11) is 0. The zero-order chi connectivity index (χ0) is 9.42. The summed E-state index contributed by atoms with van der Waals surface area (Å²) < 4.78 is 0. The van der Waals surface area contributed by atoms with Gasteiger partial charge in [-0.25, -0.2) is 0 Å². The third kappa shape index (κ3) is 1.43. The van der Waals surface area contributed by atoms with E-state index in [0.717, 1.165) is 5.82 Å². The predicted octanol–water partition coefficient (Wildman–Crippen LogP) is 2.28. The molecule has 0 aromatic carbocycles. The number of hydrogen-bond acceptors (Lipinski definition) is 2. The Bertz CT molecular complexity index is 301. The molecule has 0 saturated carbocycles. The largest absolute Gasteiger partial charge is 0.366 e. The van der Waals surface area contributed by atoms with Crippen molar-refractivity contribution in [3.8, 4) is 0 Å². The zero-order valence-corrected chi connectivity index (χ0v) is 8.52. The van der Waals surface area contributed by atoms with Crippen LogP contribution in [0.2, 0.25) is 0 Å². The van der Waals surface area contributed by atoms with Gasteiger partial charge in [-0.1, -0.05) is 6.92 Å². The molecule has 0 radical (unpaired) electrons. The summed E-state index contributed by atoms with van der Waals surface area (Å²) in [5.74, 6) is 1.72. The summed E-state index contributed by atoms with van der Waals surface area (Å²) in [6, 6.07) is 0.461. The Morgan fingerprint density at radius 2 is 2.31 bits per heavy atom. The summed E-state index contributed by atoms with van der Waals surface area (Å²) in [6.07, 6.45) is 2.43. The standard InChI is InChI=1S/C10H17N3/c1-6(2)11-10-8-5-4-7(3)9(8)12-13-10/h6-7H,4-5H2,1-3H3,(H2,11,12,13). The van der Waals surface area contributed by atoms with Crippen LogP contribution in [0.15, 0.2) is 0 Å². The molecule has 72 valence electrons. The molecule has 1 atom stereocenters. The number of anilines is 1. The van der Waals surface area contributed by atoms with Gasteiger partial charge in [-0.15, -0.1) is 0 Å². The minimum absolute atomic E-state index is 0.461. The van der Waals surface area contributed by atoms with E-state index in [1.807, 2.05) is 0 Å². The van der Waals surface area contributed by atoms with E-state index in [4.69, 9.17) is 0 Å². The average Bonchev–Trinajstić information content (AvgIpc) is 2.56. The predicted molar refractivity (Wildman–Crippen MR) is 54.1 cm³/mol. The first-order chi connectivity index (χ1) is 6.18. The lowest BCUT2D eigenvalue weighted by Gasteiger charge is -2.07. The van der Waals surface area contributed by atoms with Crippen LogP contribution in [-0.2, 0) is 6.42 Å². The summed E-state index contributed by atoms with van der Waals surface area (Å²) >= 11 is 0. The lowest BCUT2D eigenvalue weighted by atomic mass is 10.1. The Kier molecular flexibility index (Phi) is 2.02. The van der Waals surface area contributed by atoms with E-state index in [1.165, 1.54) is 24.1 Å². The highest BCUT2D eigenvalue weighted by atomic mass is 15.2. The van der Waals surface area contributed by atoms with Gasteiger partial charge in [0.2, 0.25) is 0 Å². The van der Waals surface area contributed by atoms with E-state index in [9.17, 15) is 0 Å². The molecule has 0 spiro atoms. The quantitative estimate of drug-likeness (QED) is 0.731. The maximum absolute atomic E-state index is 4.29. The van der Waals surface area contributed by atoms with Gasteiger partial charge in [0.15, 0.2) is 5.82 Å². The van der Waals surface area contributed by atoms with Crippen molar-refractivity contribution in [2.75, 3.05) is 5.32 Å². The molecule has 1 aliphatic carbocycles. The molecule has 3 nitrogen and oxygen atoms in total. The summed E-state index contributed by atoms with van der Waals surface area (Å²) in [5, 5.41) is 10.8. The number of nitrogens with zero attached hydrogens (tertiary/aromatic N) is 1. The number of rotatable bonds is 2. The molecule has 1 aromatic heterocycles. The van der Waals surface area contributed by atoms with Gasteiger partial charge >= 0.3 is 0 Å². The van der Waals surface area contributed by atoms with Gasteiger partial charge in [0.1, 0.15) is 0 Å². The van der Waals surface area contributed by atoms with Crippen molar-refractivity contribution in [1.29, 1.82) is 0 Å². The number of fused-ring (bicyclic) bond motifs is 1. The summed E-state index contributed by atoms with van der Waals surface area (Å²) in [6.45, 7) is 6.53. The highest BCUT2D eigenvalue weighted by Crippen LogP contribution is 2.34. The second kappa shape index (κ2) is 3.05. The molecule has 0 aliphatic heterocycles. The number of nitrogens with one attached hydrogen (secondary N) is 2. The summed E-state index contributed by atoms with van der Waals surface area (Å²) in [5.41, 5.74) is 2.74. The number of H-pyrrole nitrogens is 1. The fourth-order valence-corrected chi connectivity index (χ4v) is 1.94. The van der Waals surface area contributed by atoms with Crippen molar-refractivity contribution < 1.29 is 0 Å². The van der Waals surface area contributed by atoms with E-state index >= 15 is 0 Å². The maximum atomic E-state index is 4.29. The van der Waals surface area contributed by atoms with Crippen molar-refractivity contribution in [3.05, 3.63) is 11.3 Å². The molecule has 1 unspecified atom stereocenters. The van der Waals surface area contributed by atoms with Crippen molar-refractivity contribution in [3.63, 3.8) is 0 Å². The molecule has 0 bridgehead atoms. The van der Waals surface area contributed by atoms with E-state index in [-0.39, 0.29) is 0 Å². The van der Waals surface area contributed by atoms with Crippen LogP contribution in [-0.4, -0.2) is 16.2 Å². The fraction of sp³-hybridized carbons (Fsp3) is 0.700. The topological polar surface area (TPSA) is 40.7 Å². The van der Waals surface area contributed by atoms with E-state index < -0.39 is 0 Å². The molecule has 13 heavy (non-hydrogen) atoms. The van der Waals surface area contributed by atoms with Crippen molar-refractivity contribution in [1.82, 2.24) is 10.2 Å². The Labute approximate surface area is 78.9 Å². The molecule has 0 fully saturated rings. The Morgan fingerprint density at radius 1 is 1.54 bits per heavy atom. The first kappa shape index (κ1) is 8.60. The summed E-state index contributed by atoms with van der Waals surface area (Å²) in [4.78, 5) is 0. The fourth-order valence-electron chi connectivity index (χ4n) is 1.94. The van der Waals surface area contributed by atoms with E-state index in [2.05, 4.69) is 36.3 Å². The molecule has 2 N–H and O–H groups in total. The highest BCUT2D eigenvalue weighted by Gasteiger charge is 2.24. The number of hydrogen-bond donors (Lipinski definition) is 2. The molecule has 3 heteroatoms. The van der Waals surface area contributed by atoms with Gasteiger partial charge in [-0.2, -0.15) is 5.10 Å². The Balaban J connectivity index is 2.25. The first-order valence-electron chi connectivity index (χ1n) is 5.02. The average molecular weight is 179 g/mol. The monoisotopic (exact) mass is 179 g/mol. The molecular weight excluding hydrogens is 162 g/mol. The normalized spacial score (nSPS) is 20.8. The van der Waals surface area contributed by atoms with Crippen LogP contribution < -0.4 is 5.32 Å². The second-order valence-electron chi connectivity index (χ2n) is 4.20. The zero-order valence-electron chi connectivity index (χ0n) is 8.52. The van der Waals surface area contributed by atoms with Crippen LogP contribution >= 0.6 is 0 Å². The van der Waals surface area contributed by atoms with Crippen LogP contribution in [0.5, 0.6) is 0 Å². The van der Waals surface area contributed by atoms with Crippen LogP contribution in [0.3, 0.4) is 0 Å². The highest BCUT2D eigenvalue weighted by molar-refractivity contribution is 5.50. The SMILES string of the molecule is CC(C)Nc1n[nH]c2c1CCC2C. The van der Waals surface area contributed by atoms with Crippen LogP contribution in [0.25, 0.3) is 0 Å². The Morgan fingerprint density at radius 3 is 3.00 bits per heavy atom. The molecule has 1 aliphatic rings. The van der Waals surface area contributed by atoms with Crippen molar-refractivity contribution >= 4 is 5.82 Å². The van der Waals surface area contributed by atoms with Gasteiger partial charge in [0, 0.05) is 17.3 Å². The van der Waals surface area contributed by atoms with Crippen LogP contribution in [0.1, 0.15) is 44.4 Å². The maximum Gasteiger partial charge on any atom is 0.151 e. The third-order valence-corrected chi connectivity index (χ3v) is 2.64. The van der Waals surface area contributed by atoms with Gasteiger partial charge < -0.3 is 5.32 Å². The molecule has 0 amide bonds. The first-order valence-corrected chi connectivity index (χ1v) is 5.02. The van der Waals surface area contributed by atoms with Gasteiger partial charge in [-0.3, -0.25) is 5.10 Å². The van der Waals surface area contributed by atoms with Crippen molar-refractivity contribution in [2.24, 2.45) is 0 Å². The molecule has 0 saturated heterocycles. The van der Waals surface area contributed by atoms with E-state index in [1.54, 1.807) is 0 Å². The molecule has 1 heterocycles. The number of aromatic amines is 1. The minimum atomic E-state index is 0.461. The van der Waals surface area contributed by atoms with Crippen molar-refractivity contribution in [2.45, 2.75) is 45.6 Å². The Hall–Kier alpha value is -0.990. The van der Waals surface area contributed by atoms with E-state index in [0.29, 0.717) is 12.0 Å². The van der Waals surface area contributed by atoms with Crippen LogP contribution in [0, 0.1) is 0 Å². The second-order valence-corrected chi connectivity index (χ2v) is 4.20. The lowest BCUT2D eigenvalue weighted by molar-refractivity contribution is 0.715. The molecule has 2 rings (SSSR count). The van der Waals surface area contributed by atoms with Gasteiger partial charge in [0.25, 0.3) is 0 Å². The minimum Gasteiger partial charge on any atom is -0.366 e. The smallest absolute Gasteiger partial charge is 0.151 e.